The first-order valence-electron chi connectivity index (χ1n) is 10.6. The van der Waals surface area contributed by atoms with Crippen LogP contribution >= 0.6 is 12.2 Å². The maximum atomic E-state index is 14.4. The van der Waals surface area contributed by atoms with Crippen LogP contribution in [0.2, 0.25) is 0 Å². The van der Waals surface area contributed by atoms with Crippen molar-refractivity contribution in [2.45, 2.75) is 19.9 Å². The first kappa shape index (κ1) is 21.9. The van der Waals surface area contributed by atoms with Crippen LogP contribution in [-0.2, 0) is 0 Å². The third kappa shape index (κ3) is 3.97. The number of aromatic nitrogens is 2. The van der Waals surface area contributed by atoms with Gasteiger partial charge in [-0.1, -0.05) is 53.7 Å². The van der Waals surface area contributed by atoms with Crippen molar-refractivity contribution >= 4 is 28.6 Å². The molecule has 8 heteroatoms. The van der Waals surface area contributed by atoms with Crippen molar-refractivity contribution < 1.29 is 13.3 Å². The second kappa shape index (κ2) is 8.79. The van der Waals surface area contributed by atoms with Crippen LogP contribution < -0.4 is 10.2 Å². The molecule has 0 spiro atoms. The number of rotatable bonds is 4. The van der Waals surface area contributed by atoms with Gasteiger partial charge in [0.25, 0.3) is 5.89 Å². The van der Waals surface area contributed by atoms with Crippen LogP contribution in [0.1, 0.15) is 30.0 Å². The number of benzene rings is 3. The lowest BCUT2D eigenvalue weighted by atomic mass is 9.94. The van der Waals surface area contributed by atoms with Gasteiger partial charge >= 0.3 is 0 Å². The fourth-order valence-corrected chi connectivity index (χ4v) is 4.35. The van der Waals surface area contributed by atoms with Crippen LogP contribution in [0.4, 0.5) is 14.5 Å². The Morgan fingerprint density at radius 3 is 2.41 bits per heavy atom. The second-order valence-corrected chi connectivity index (χ2v) is 8.38. The predicted molar refractivity (Wildman–Crippen MR) is 131 cm³/mol. The summed E-state index contributed by atoms with van der Waals surface area (Å²) < 4.78 is 33.7. The van der Waals surface area contributed by atoms with Crippen molar-refractivity contribution in [3.8, 4) is 11.4 Å². The van der Waals surface area contributed by atoms with E-state index in [0.29, 0.717) is 39.3 Å². The maximum Gasteiger partial charge on any atom is 0.258 e. The van der Waals surface area contributed by atoms with Gasteiger partial charge in [-0.25, -0.2) is 8.78 Å². The van der Waals surface area contributed by atoms with Crippen LogP contribution in [0.3, 0.4) is 0 Å². The van der Waals surface area contributed by atoms with Gasteiger partial charge in [-0.15, -0.1) is 0 Å². The molecular formula is C26H20F2N4OS. The number of hydrogen-bond donors (Lipinski definition) is 1. The molecule has 0 bridgehead atoms. The Balaban J connectivity index is 1.66. The molecule has 1 unspecified atom stereocenters. The fraction of sp³-hybridized carbons (Fsp3) is 0.115. The molecule has 1 aliphatic heterocycles. The molecule has 0 saturated heterocycles. The number of aryl methyl sites for hydroxylation is 1. The first-order valence-corrected chi connectivity index (χ1v) is 11.1. The van der Waals surface area contributed by atoms with Gasteiger partial charge in [-0.3, -0.25) is 4.90 Å². The average molecular weight is 475 g/mol. The summed E-state index contributed by atoms with van der Waals surface area (Å²) in [5, 5.41) is 7.83. The molecule has 4 aromatic rings. The van der Waals surface area contributed by atoms with E-state index >= 15 is 0 Å². The molecular weight excluding hydrogens is 454 g/mol. The highest BCUT2D eigenvalue weighted by molar-refractivity contribution is 7.80. The Bertz CT molecular complexity index is 1400. The molecule has 0 fully saturated rings. The zero-order valence-corrected chi connectivity index (χ0v) is 19.2. The van der Waals surface area contributed by atoms with E-state index in [9.17, 15) is 8.78 Å². The third-order valence-corrected chi connectivity index (χ3v) is 6.09. The van der Waals surface area contributed by atoms with Gasteiger partial charge in [0.2, 0.25) is 5.82 Å². The Morgan fingerprint density at radius 2 is 1.71 bits per heavy atom. The molecule has 3 aromatic carbocycles. The highest BCUT2D eigenvalue weighted by atomic mass is 32.1. The van der Waals surface area contributed by atoms with Gasteiger partial charge in [0.1, 0.15) is 11.6 Å². The van der Waals surface area contributed by atoms with Crippen LogP contribution in [-0.4, -0.2) is 15.3 Å². The number of halogens is 2. The van der Waals surface area contributed by atoms with Gasteiger partial charge in [-0.2, -0.15) is 4.98 Å². The number of thiocarbonyl (C=S) groups is 1. The highest BCUT2D eigenvalue weighted by Crippen LogP contribution is 2.39. The SMILES string of the molecule is CC1=C(c2nc(-c3ccccc3)no2)C(c2ccc(F)cc2)NC(=S)N1c1ccc(C)c(F)c1. The molecule has 5 rings (SSSR count). The number of allylic oxidation sites excluding steroid dienone is 1. The molecule has 1 aliphatic rings. The van der Waals surface area contributed by atoms with E-state index in [0.717, 1.165) is 11.1 Å². The Hall–Kier alpha value is -3.91. The molecule has 0 amide bonds. The van der Waals surface area contributed by atoms with Gasteiger partial charge in [0.05, 0.1) is 17.3 Å². The highest BCUT2D eigenvalue weighted by Gasteiger charge is 2.35. The van der Waals surface area contributed by atoms with E-state index in [2.05, 4.69) is 15.5 Å². The molecule has 0 aliphatic carbocycles. The molecule has 1 aromatic heterocycles. The first-order chi connectivity index (χ1) is 16.4. The van der Waals surface area contributed by atoms with Gasteiger partial charge in [0, 0.05) is 11.3 Å². The molecule has 1 N–H and O–H groups in total. The summed E-state index contributed by atoms with van der Waals surface area (Å²) >= 11 is 5.67. The van der Waals surface area contributed by atoms with Crippen LogP contribution in [0.15, 0.2) is 83.0 Å². The van der Waals surface area contributed by atoms with Crippen molar-refractivity contribution in [1.29, 1.82) is 0 Å². The van der Waals surface area contributed by atoms with Crippen molar-refractivity contribution in [3.63, 3.8) is 0 Å². The smallest absolute Gasteiger partial charge is 0.258 e. The fourth-order valence-electron chi connectivity index (χ4n) is 3.99. The van der Waals surface area contributed by atoms with Crippen molar-refractivity contribution in [2.75, 3.05) is 4.90 Å². The van der Waals surface area contributed by atoms with Crippen LogP contribution in [0.25, 0.3) is 17.0 Å². The van der Waals surface area contributed by atoms with Gasteiger partial charge in [0.15, 0.2) is 5.11 Å². The van der Waals surface area contributed by atoms with Gasteiger partial charge < -0.3 is 9.84 Å². The Labute approximate surface area is 200 Å². The molecule has 0 radical (unpaired) electrons. The number of hydrogen-bond acceptors (Lipinski definition) is 4. The molecule has 5 nitrogen and oxygen atoms in total. The van der Waals surface area contributed by atoms with E-state index in [1.807, 2.05) is 37.3 Å². The Kier molecular flexibility index (Phi) is 5.67. The number of nitrogens with one attached hydrogen (secondary N) is 1. The topological polar surface area (TPSA) is 54.2 Å². The normalized spacial score (nSPS) is 16.1. The largest absolute Gasteiger partial charge is 0.351 e. The molecule has 1 atom stereocenters. The monoisotopic (exact) mass is 474 g/mol. The molecule has 170 valence electrons. The molecule has 34 heavy (non-hydrogen) atoms. The number of nitrogens with zero attached hydrogens (tertiary/aromatic N) is 3. The molecule has 0 saturated carbocycles. The minimum Gasteiger partial charge on any atom is -0.351 e. The predicted octanol–water partition coefficient (Wildman–Crippen LogP) is 6.19. The lowest BCUT2D eigenvalue weighted by Gasteiger charge is -2.37. The van der Waals surface area contributed by atoms with Crippen molar-refractivity contribution in [3.05, 3.63) is 107 Å². The lowest BCUT2D eigenvalue weighted by Crippen LogP contribution is -2.46. The summed E-state index contributed by atoms with van der Waals surface area (Å²) in [6.07, 6.45) is 0. The quantitative estimate of drug-likeness (QED) is 0.356. The Morgan fingerprint density at radius 1 is 0.971 bits per heavy atom. The van der Waals surface area contributed by atoms with Crippen LogP contribution in [0.5, 0.6) is 0 Å². The summed E-state index contributed by atoms with van der Waals surface area (Å²) in [7, 11) is 0. The van der Waals surface area contributed by atoms with E-state index in [-0.39, 0.29) is 11.6 Å². The minimum atomic E-state index is -0.469. The van der Waals surface area contributed by atoms with Crippen LogP contribution in [0, 0.1) is 18.6 Å². The van der Waals surface area contributed by atoms with E-state index in [1.165, 1.54) is 18.2 Å². The molecule has 2 heterocycles. The third-order valence-electron chi connectivity index (χ3n) is 5.79. The number of anilines is 1. The summed E-state index contributed by atoms with van der Waals surface area (Å²) in [6.45, 7) is 3.57. The summed E-state index contributed by atoms with van der Waals surface area (Å²) in [6, 6.07) is 20.1. The van der Waals surface area contributed by atoms with Gasteiger partial charge in [-0.05, 0) is 61.5 Å². The summed E-state index contributed by atoms with van der Waals surface area (Å²) in [5.74, 6) is 0.0536. The zero-order chi connectivity index (χ0) is 23.8. The minimum absolute atomic E-state index is 0.290. The van der Waals surface area contributed by atoms with E-state index in [1.54, 1.807) is 36.1 Å². The standard InChI is InChI=1S/C26H20F2N4OS/c1-15-8-13-20(14-21(15)28)32-16(2)22(23(29-26(32)34)17-9-11-19(27)12-10-17)25-30-24(31-33-25)18-6-4-3-5-7-18/h3-14,23H,1-2H3,(H,29,34). The van der Waals surface area contributed by atoms with E-state index < -0.39 is 6.04 Å². The van der Waals surface area contributed by atoms with E-state index in [4.69, 9.17) is 16.7 Å². The second-order valence-electron chi connectivity index (χ2n) is 7.99. The summed E-state index contributed by atoms with van der Waals surface area (Å²) in [5.41, 5.74) is 4.05. The zero-order valence-electron chi connectivity index (χ0n) is 18.4. The lowest BCUT2D eigenvalue weighted by molar-refractivity contribution is 0.404. The average Bonchev–Trinajstić information content (AvgIpc) is 3.32. The summed E-state index contributed by atoms with van der Waals surface area (Å²) in [4.78, 5) is 6.37. The van der Waals surface area contributed by atoms with Crippen molar-refractivity contribution in [2.24, 2.45) is 0 Å². The van der Waals surface area contributed by atoms with Crippen molar-refractivity contribution in [1.82, 2.24) is 15.5 Å². The maximum absolute atomic E-state index is 14.4.